The first kappa shape index (κ1) is 12.1. The van der Waals surface area contributed by atoms with E-state index in [4.69, 9.17) is 5.73 Å². The van der Waals surface area contributed by atoms with Crippen LogP contribution in [0.4, 0.5) is 0 Å². The molecule has 1 aromatic heterocycles. The first-order chi connectivity index (χ1) is 9.27. The van der Waals surface area contributed by atoms with E-state index in [1.54, 1.807) is 6.20 Å². The smallest absolute Gasteiger partial charge is 0.163 e. The lowest BCUT2D eigenvalue weighted by Gasteiger charge is -2.16. The summed E-state index contributed by atoms with van der Waals surface area (Å²) in [6.07, 6.45) is 3.49. The second kappa shape index (κ2) is 4.94. The van der Waals surface area contributed by atoms with Crippen molar-refractivity contribution in [1.29, 1.82) is 0 Å². The summed E-state index contributed by atoms with van der Waals surface area (Å²) in [6, 6.07) is 12.9. The number of benzene rings is 1. The molecule has 3 rings (SSSR count). The molecule has 19 heavy (non-hydrogen) atoms. The van der Waals surface area contributed by atoms with E-state index in [0.717, 1.165) is 24.1 Å². The fourth-order valence-corrected chi connectivity index (χ4v) is 2.73. The third-order valence-corrected chi connectivity index (χ3v) is 3.77. The molecule has 1 heterocycles. The molecule has 3 heteroatoms. The van der Waals surface area contributed by atoms with Gasteiger partial charge in [0.05, 0.1) is 17.7 Å². The molecule has 2 atom stereocenters. The van der Waals surface area contributed by atoms with E-state index in [1.165, 1.54) is 5.56 Å². The summed E-state index contributed by atoms with van der Waals surface area (Å²) in [6.45, 7) is 0. The number of carbonyl (C=O) groups is 1. The van der Waals surface area contributed by atoms with Gasteiger partial charge >= 0.3 is 0 Å². The molecule has 1 aromatic carbocycles. The molecule has 1 aliphatic carbocycles. The van der Waals surface area contributed by atoms with Crippen LogP contribution >= 0.6 is 0 Å². The predicted octanol–water partition coefficient (Wildman–Crippen LogP) is 2.38. The molecular formula is C16H16N2O. The van der Waals surface area contributed by atoms with E-state index in [2.05, 4.69) is 4.98 Å². The van der Waals surface area contributed by atoms with Gasteiger partial charge in [0.1, 0.15) is 0 Å². The van der Waals surface area contributed by atoms with Crippen LogP contribution in [0, 0.1) is 0 Å². The average Bonchev–Trinajstić information content (AvgIpc) is 2.90. The van der Waals surface area contributed by atoms with E-state index in [9.17, 15) is 4.79 Å². The molecule has 2 aromatic rings. The Morgan fingerprint density at radius 2 is 2.00 bits per heavy atom. The summed E-state index contributed by atoms with van der Waals surface area (Å²) >= 11 is 0. The standard InChI is InChI=1S/C16H16N2O/c17-14(11-5-2-1-3-6-11)16(19)13-9-8-12-7-4-10-18-15(12)13/h1-7,10,13-14H,8-9,17H2/t13?,14-/m1/s1. The molecule has 1 aliphatic rings. The van der Waals surface area contributed by atoms with Gasteiger partial charge in [-0.15, -0.1) is 0 Å². The zero-order valence-electron chi connectivity index (χ0n) is 10.6. The molecule has 0 spiro atoms. The highest BCUT2D eigenvalue weighted by molar-refractivity contribution is 5.91. The molecule has 3 nitrogen and oxygen atoms in total. The van der Waals surface area contributed by atoms with Crippen LogP contribution in [0.3, 0.4) is 0 Å². The number of rotatable bonds is 3. The third-order valence-electron chi connectivity index (χ3n) is 3.77. The van der Waals surface area contributed by atoms with Gasteiger partial charge < -0.3 is 5.73 Å². The number of hydrogen-bond donors (Lipinski definition) is 1. The number of aromatic nitrogens is 1. The van der Waals surface area contributed by atoms with Gasteiger partial charge in [-0.1, -0.05) is 36.4 Å². The van der Waals surface area contributed by atoms with Crippen LogP contribution in [0.2, 0.25) is 0 Å². The van der Waals surface area contributed by atoms with Gasteiger partial charge in [0.15, 0.2) is 5.78 Å². The Hall–Kier alpha value is -2.00. The number of aryl methyl sites for hydroxylation is 1. The van der Waals surface area contributed by atoms with Crippen molar-refractivity contribution in [2.75, 3.05) is 0 Å². The highest BCUT2D eigenvalue weighted by Gasteiger charge is 2.33. The molecule has 0 fully saturated rings. The Bertz CT molecular complexity index is 595. The van der Waals surface area contributed by atoms with Gasteiger partial charge in [-0.05, 0) is 30.0 Å². The Morgan fingerprint density at radius 1 is 1.21 bits per heavy atom. The maximum absolute atomic E-state index is 12.5. The highest BCUT2D eigenvalue weighted by Crippen LogP contribution is 2.34. The van der Waals surface area contributed by atoms with Crippen LogP contribution in [0.25, 0.3) is 0 Å². The van der Waals surface area contributed by atoms with E-state index < -0.39 is 6.04 Å². The number of hydrogen-bond acceptors (Lipinski definition) is 3. The minimum Gasteiger partial charge on any atom is -0.318 e. The number of ketones is 1. The number of Topliss-reactive ketones (excluding diaryl/α,β-unsaturated/α-hetero) is 1. The Morgan fingerprint density at radius 3 is 2.79 bits per heavy atom. The van der Waals surface area contributed by atoms with Crippen LogP contribution in [-0.2, 0) is 11.2 Å². The Labute approximate surface area is 112 Å². The molecular weight excluding hydrogens is 236 g/mol. The lowest BCUT2D eigenvalue weighted by Crippen LogP contribution is -2.26. The molecule has 0 saturated heterocycles. The average molecular weight is 252 g/mol. The Kier molecular flexibility index (Phi) is 3.13. The van der Waals surface area contributed by atoms with Crippen molar-refractivity contribution < 1.29 is 4.79 Å². The second-order valence-corrected chi connectivity index (χ2v) is 4.93. The van der Waals surface area contributed by atoms with Crippen molar-refractivity contribution in [3.63, 3.8) is 0 Å². The molecule has 96 valence electrons. The first-order valence-electron chi connectivity index (χ1n) is 6.55. The van der Waals surface area contributed by atoms with Gasteiger partial charge in [0.25, 0.3) is 0 Å². The van der Waals surface area contributed by atoms with Crippen LogP contribution in [0.5, 0.6) is 0 Å². The molecule has 0 saturated carbocycles. The minimum atomic E-state index is -0.556. The summed E-state index contributed by atoms with van der Waals surface area (Å²) in [5, 5.41) is 0. The van der Waals surface area contributed by atoms with E-state index >= 15 is 0 Å². The van der Waals surface area contributed by atoms with E-state index in [-0.39, 0.29) is 11.7 Å². The molecule has 0 radical (unpaired) electrons. The van der Waals surface area contributed by atoms with Gasteiger partial charge in [-0.25, -0.2) is 0 Å². The van der Waals surface area contributed by atoms with Crippen molar-refractivity contribution in [1.82, 2.24) is 4.98 Å². The van der Waals surface area contributed by atoms with Crippen molar-refractivity contribution in [2.24, 2.45) is 5.73 Å². The van der Waals surface area contributed by atoms with Crippen LogP contribution in [0.1, 0.15) is 35.2 Å². The van der Waals surface area contributed by atoms with Crippen LogP contribution in [-0.4, -0.2) is 10.8 Å². The lowest BCUT2D eigenvalue weighted by atomic mass is 9.92. The van der Waals surface area contributed by atoms with Gasteiger partial charge in [-0.3, -0.25) is 9.78 Å². The number of nitrogens with zero attached hydrogens (tertiary/aromatic N) is 1. The molecule has 0 aliphatic heterocycles. The monoisotopic (exact) mass is 252 g/mol. The lowest BCUT2D eigenvalue weighted by molar-refractivity contribution is -0.121. The van der Waals surface area contributed by atoms with Gasteiger partial charge in [-0.2, -0.15) is 0 Å². The molecule has 1 unspecified atom stereocenters. The number of nitrogens with two attached hydrogens (primary N) is 1. The second-order valence-electron chi connectivity index (χ2n) is 4.93. The molecule has 0 amide bonds. The molecule has 0 bridgehead atoms. The number of pyridine rings is 1. The minimum absolute atomic E-state index is 0.0728. The summed E-state index contributed by atoms with van der Waals surface area (Å²) in [5.74, 6) is -0.0740. The Balaban J connectivity index is 1.86. The maximum atomic E-state index is 12.5. The van der Waals surface area contributed by atoms with Gasteiger partial charge in [0.2, 0.25) is 0 Å². The van der Waals surface area contributed by atoms with Crippen molar-refractivity contribution in [2.45, 2.75) is 24.8 Å². The first-order valence-corrected chi connectivity index (χ1v) is 6.55. The third kappa shape index (κ3) is 2.17. The summed E-state index contributed by atoms with van der Waals surface area (Å²) in [5.41, 5.74) is 9.07. The van der Waals surface area contributed by atoms with Crippen molar-refractivity contribution >= 4 is 5.78 Å². The van der Waals surface area contributed by atoms with Crippen LogP contribution < -0.4 is 5.73 Å². The fourth-order valence-electron chi connectivity index (χ4n) is 2.73. The molecule has 2 N–H and O–H groups in total. The van der Waals surface area contributed by atoms with Crippen LogP contribution in [0.15, 0.2) is 48.7 Å². The fraction of sp³-hybridized carbons (Fsp3) is 0.250. The summed E-state index contributed by atoms with van der Waals surface area (Å²) in [4.78, 5) is 16.9. The predicted molar refractivity (Wildman–Crippen MR) is 73.7 cm³/mol. The summed E-state index contributed by atoms with van der Waals surface area (Å²) < 4.78 is 0. The largest absolute Gasteiger partial charge is 0.318 e. The van der Waals surface area contributed by atoms with Crippen molar-refractivity contribution in [3.05, 3.63) is 65.5 Å². The normalized spacial score (nSPS) is 18.9. The SMILES string of the molecule is N[C@@H](C(=O)C1CCc2cccnc21)c1ccccc1. The van der Waals surface area contributed by atoms with Crippen molar-refractivity contribution in [3.8, 4) is 0 Å². The summed E-state index contributed by atoms with van der Waals surface area (Å²) in [7, 11) is 0. The quantitative estimate of drug-likeness (QED) is 0.912. The zero-order chi connectivity index (χ0) is 13.2. The van der Waals surface area contributed by atoms with E-state index in [1.807, 2.05) is 42.5 Å². The topological polar surface area (TPSA) is 56.0 Å². The maximum Gasteiger partial charge on any atom is 0.163 e. The zero-order valence-corrected chi connectivity index (χ0v) is 10.6. The highest BCUT2D eigenvalue weighted by atomic mass is 16.1. The van der Waals surface area contributed by atoms with E-state index in [0.29, 0.717) is 0 Å². The van der Waals surface area contributed by atoms with Gasteiger partial charge in [0, 0.05) is 6.20 Å². The number of fused-ring (bicyclic) bond motifs is 1. The number of carbonyl (C=O) groups excluding carboxylic acids is 1.